The monoisotopic (exact) mass is 370 g/mol. The molecule has 0 aliphatic carbocycles. The lowest BCUT2D eigenvalue weighted by atomic mass is 10.1. The van der Waals surface area contributed by atoms with Gasteiger partial charge in [-0.3, -0.25) is 4.79 Å². The minimum absolute atomic E-state index is 0.0346. The zero-order chi connectivity index (χ0) is 16.8. The Bertz CT molecular complexity index is 808. The highest BCUT2D eigenvalue weighted by Crippen LogP contribution is 2.19. The van der Waals surface area contributed by atoms with Crippen LogP contribution in [0, 0.1) is 25.2 Å². The minimum atomic E-state index is -0.469. The summed E-state index contributed by atoms with van der Waals surface area (Å²) in [4.78, 5) is 16.3. The standard InChI is InChI=1S/C17H15BrN4O/c1-11-4-3-5-15(12(11)2)22-17(23)13(9-19)10-21-16-8-14(18)6-7-20-16/h3-8,10H,1-2H3,(H,20,21)(H,22,23)/b13-10-. The van der Waals surface area contributed by atoms with Crippen molar-refractivity contribution in [2.24, 2.45) is 0 Å². The van der Waals surface area contributed by atoms with Crippen molar-refractivity contribution in [2.75, 3.05) is 10.6 Å². The van der Waals surface area contributed by atoms with Crippen molar-refractivity contribution in [3.05, 3.63) is 63.9 Å². The van der Waals surface area contributed by atoms with Crippen LogP contribution in [0.3, 0.4) is 0 Å². The Morgan fingerprint density at radius 3 is 2.83 bits per heavy atom. The van der Waals surface area contributed by atoms with E-state index in [1.54, 1.807) is 24.4 Å². The molecule has 116 valence electrons. The summed E-state index contributed by atoms with van der Waals surface area (Å²) >= 11 is 3.33. The van der Waals surface area contributed by atoms with Gasteiger partial charge < -0.3 is 10.6 Å². The van der Waals surface area contributed by atoms with E-state index >= 15 is 0 Å². The van der Waals surface area contributed by atoms with Gasteiger partial charge in [0.1, 0.15) is 17.5 Å². The van der Waals surface area contributed by atoms with Gasteiger partial charge in [0.2, 0.25) is 0 Å². The number of hydrogen-bond donors (Lipinski definition) is 2. The molecule has 6 heteroatoms. The van der Waals surface area contributed by atoms with Gasteiger partial charge in [-0.25, -0.2) is 4.98 Å². The van der Waals surface area contributed by atoms with Crippen LogP contribution in [-0.4, -0.2) is 10.9 Å². The summed E-state index contributed by atoms with van der Waals surface area (Å²) < 4.78 is 0.849. The number of benzene rings is 1. The zero-order valence-corrected chi connectivity index (χ0v) is 14.3. The fraction of sp³-hybridized carbons (Fsp3) is 0.118. The van der Waals surface area contributed by atoms with Gasteiger partial charge in [-0.2, -0.15) is 5.26 Å². The molecule has 0 unspecified atom stereocenters. The van der Waals surface area contributed by atoms with Crippen LogP contribution in [-0.2, 0) is 4.79 Å². The highest BCUT2D eigenvalue weighted by atomic mass is 79.9. The lowest BCUT2D eigenvalue weighted by Crippen LogP contribution is -2.15. The number of anilines is 2. The molecule has 0 saturated carbocycles. The van der Waals surface area contributed by atoms with E-state index in [1.807, 2.05) is 32.0 Å². The molecule has 1 aromatic carbocycles. The number of carbonyl (C=O) groups excluding carboxylic acids is 1. The van der Waals surface area contributed by atoms with Crippen molar-refractivity contribution in [3.63, 3.8) is 0 Å². The molecule has 2 rings (SSSR count). The van der Waals surface area contributed by atoms with Crippen molar-refractivity contribution in [1.82, 2.24) is 4.98 Å². The average molecular weight is 371 g/mol. The molecule has 1 heterocycles. The minimum Gasteiger partial charge on any atom is -0.345 e. The fourth-order valence-electron chi connectivity index (χ4n) is 1.85. The van der Waals surface area contributed by atoms with E-state index in [2.05, 4.69) is 31.5 Å². The Hall–Kier alpha value is -2.65. The van der Waals surface area contributed by atoms with Gasteiger partial charge in [-0.05, 0) is 43.2 Å². The van der Waals surface area contributed by atoms with Crippen LogP contribution in [0.15, 0.2) is 52.8 Å². The summed E-state index contributed by atoms with van der Waals surface area (Å²) in [6.45, 7) is 3.89. The molecule has 0 aliphatic rings. The summed E-state index contributed by atoms with van der Waals surface area (Å²) in [6.07, 6.45) is 2.96. The second kappa shape index (κ2) is 7.56. The number of nitrogens with zero attached hydrogens (tertiary/aromatic N) is 2. The molecule has 1 amide bonds. The quantitative estimate of drug-likeness (QED) is 0.631. The highest BCUT2D eigenvalue weighted by molar-refractivity contribution is 9.10. The molecule has 0 radical (unpaired) electrons. The summed E-state index contributed by atoms with van der Waals surface area (Å²) in [5, 5.41) is 14.8. The number of aryl methyl sites for hydroxylation is 1. The van der Waals surface area contributed by atoms with Crippen LogP contribution in [0.2, 0.25) is 0 Å². The molecule has 2 N–H and O–H groups in total. The lowest BCUT2D eigenvalue weighted by Gasteiger charge is -2.10. The number of carbonyl (C=O) groups is 1. The maximum absolute atomic E-state index is 12.2. The normalized spacial score (nSPS) is 10.8. The molecule has 0 spiro atoms. The number of nitrogens with one attached hydrogen (secondary N) is 2. The molecule has 0 aliphatic heterocycles. The third kappa shape index (κ3) is 4.41. The van der Waals surface area contributed by atoms with E-state index in [1.165, 1.54) is 6.20 Å². The molecular weight excluding hydrogens is 356 g/mol. The van der Waals surface area contributed by atoms with Crippen molar-refractivity contribution >= 4 is 33.3 Å². The highest BCUT2D eigenvalue weighted by Gasteiger charge is 2.11. The van der Waals surface area contributed by atoms with Gasteiger partial charge in [0.05, 0.1) is 0 Å². The molecule has 1 aromatic heterocycles. The van der Waals surface area contributed by atoms with Gasteiger partial charge in [-0.15, -0.1) is 0 Å². The first kappa shape index (κ1) is 16.7. The number of hydrogen-bond acceptors (Lipinski definition) is 4. The van der Waals surface area contributed by atoms with Crippen molar-refractivity contribution < 1.29 is 4.79 Å². The Balaban J connectivity index is 2.14. The van der Waals surface area contributed by atoms with Gasteiger partial charge >= 0.3 is 0 Å². The van der Waals surface area contributed by atoms with E-state index in [-0.39, 0.29) is 5.57 Å². The van der Waals surface area contributed by atoms with Gasteiger partial charge in [-0.1, -0.05) is 28.1 Å². The third-order valence-corrected chi connectivity index (χ3v) is 3.80. The van der Waals surface area contributed by atoms with Crippen molar-refractivity contribution in [1.29, 1.82) is 5.26 Å². The predicted molar refractivity (Wildman–Crippen MR) is 93.8 cm³/mol. The number of aromatic nitrogens is 1. The van der Waals surface area contributed by atoms with Crippen LogP contribution < -0.4 is 10.6 Å². The first-order chi connectivity index (χ1) is 11.0. The zero-order valence-electron chi connectivity index (χ0n) is 12.7. The van der Waals surface area contributed by atoms with Crippen LogP contribution in [0.4, 0.5) is 11.5 Å². The Morgan fingerprint density at radius 2 is 2.13 bits per heavy atom. The molecular formula is C17H15BrN4O. The maximum Gasteiger partial charge on any atom is 0.267 e. The summed E-state index contributed by atoms with van der Waals surface area (Å²) in [6, 6.07) is 11.0. The number of amides is 1. The first-order valence-corrected chi connectivity index (χ1v) is 7.66. The summed E-state index contributed by atoms with van der Waals surface area (Å²) in [5.74, 6) is 0.0651. The second-order valence-electron chi connectivity index (χ2n) is 4.88. The molecule has 0 saturated heterocycles. The number of nitriles is 1. The third-order valence-electron chi connectivity index (χ3n) is 3.30. The Kier molecular flexibility index (Phi) is 5.50. The fourth-order valence-corrected chi connectivity index (χ4v) is 2.19. The summed E-state index contributed by atoms with van der Waals surface area (Å²) in [7, 11) is 0. The lowest BCUT2D eigenvalue weighted by molar-refractivity contribution is -0.112. The van der Waals surface area contributed by atoms with Crippen LogP contribution >= 0.6 is 15.9 Å². The topological polar surface area (TPSA) is 77.8 Å². The van der Waals surface area contributed by atoms with E-state index in [9.17, 15) is 10.1 Å². The van der Waals surface area contributed by atoms with Crippen LogP contribution in [0.25, 0.3) is 0 Å². The van der Waals surface area contributed by atoms with E-state index in [4.69, 9.17) is 0 Å². The first-order valence-electron chi connectivity index (χ1n) is 6.87. The van der Waals surface area contributed by atoms with E-state index < -0.39 is 5.91 Å². The SMILES string of the molecule is Cc1cccc(NC(=O)/C(C#N)=C\Nc2cc(Br)ccn2)c1C. The van der Waals surface area contributed by atoms with E-state index in [0.29, 0.717) is 11.5 Å². The Morgan fingerprint density at radius 1 is 1.35 bits per heavy atom. The Labute approximate surface area is 143 Å². The molecule has 23 heavy (non-hydrogen) atoms. The number of halogens is 1. The van der Waals surface area contributed by atoms with Crippen LogP contribution in [0.1, 0.15) is 11.1 Å². The summed E-state index contributed by atoms with van der Waals surface area (Å²) in [5.41, 5.74) is 2.70. The largest absolute Gasteiger partial charge is 0.345 e. The van der Waals surface area contributed by atoms with E-state index in [0.717, 1.165) is 15.6 Å². The van der Waals surface area contributed by atoms with Crippen molar-refractivity contribution in [2.45, 2.75) is 13.8 Å². The average Bonchev–Trinajstić information content (AvgIpc) is 2.52. The molecule has 5 nitrogen and oxygen atoms in total. The van der Waals surface area contributed by atoms with Gasteiger partial charge in [0.15, 0.2) is 0 Å². The van der Waals surface area contributed by atoms with Gasteiger partial charge in [0, 0.05) is 22.6 Å². The molecule has 0 atom stereocenters. The number of pyridine rings is 1. The smallest absolute Gasteiger partial charge is 0.267 e. The molecule has 0 fully saturated rings. The molecule has 0 bridgehead atoms. The van der Waals surface area contributed by atoms with Gasteiger partial charge in [0.25, 0.3) is 5.91 Å². The predicted octanol–water partition coefficient (Wildman–Crippen LogP) is 3.92. The molecule has 2 aromatic rings. The maximum atomic E-state index is 12.2. The second-order valence-corrected chi connectivity index (χ2v) is 5.79. The van der Waals surface area contributed by atoms with Crippen molar-refractivity contribution in [3.8, 4) is 6.07 Å². The number of rotatable bonds is 4. The van der Waals surface area contributed by atoms with Crippen LogP contribution in [0.5, 0.6) is 0 Å².